The molecule has 0 amide bonds. The maximum atomic E-state index is 2.32. The van der Waals surface area contributed by atoms with Crippen LogP contribution in [0.2, 0.25) is 0 Å². The molecule has 3 heterocycles. The second-order valence-electron chi connectivity index (χ2n) is 4.21. The normalized spacial score (nSPS) is 12.8. The largest absolute Gasteiger partial charge is 0.240 e. The van der Waals surface area contributed by atoms with Gasteiger partial charge >= 0.3 is 0 Å². The van der Waals surface area contributed by atoms with Crippen molar-refractivity contribution in [2.24, 2.45) is 0 Å². The van der Waals surface area contributed by atoms with Crippen LogP contribution in [0.1, 0.15) is 5.56 Å². The SMILES string of the molecule is c1ccc2c(c1)C[n+]1c-2cc2ccccn21. The van der Waals surface area contributed by atoms with E-state index in [1.54, 1.807) is 0 Å². The fourth-order valence-corrected chi connectivity index (χ4v) is 2.56. The number of hydrogen-bond acceptors (Lipinski definition) is 0. The average Bonchev–Trinajstić information content (AvgIpc) is 2.85. The molecule has 0 radical (unpaired) electrons. The molecule has 0 aliphatic carbocycles. The van der Waals surface area contributed by atoms with Crippen LogP contribution in [0.4, 0.5) is 0 Å². The molecule has 2 aromatic heterocycles. The van der Waals surface area contributed by atoms with Gasteiger partial charge in [-0.2, -0.15) is 0 Å². The molecule has 4 rings (SSSR count). The van der Waals surface area contributed by atoms with Crippen molar-refractivity contribution in [3.8, 4) is 11.3 Å². The molecule has 0 saturated carbocycles. The van der Waals surface area contributed by atoms with E-state index in [0.717, 1.165) is 6.54 Å². The third-order valence-corrected chi connectivity index (χ3v) is 3.31. The number of aromatic nitrogens is 2. The molecule has 1 aliphatic rings. The van der Waals surface area contributed by atoms with E-state index in [1.165, 1.54) is 22.3 Å². The second kappa shape index (κ2) is 2.73. The molecule has 76 valence electrons. The first-order valence-electron chi connectivity index (χ1n) is 5.52. The van der Waals surface area contributed by atoms with Crippen molar-refractivity contribution < 1.29 is 4.68 Å². The van der Waals surface area contributed by atoms with Crippen LogP contribution in [0.5, 0.6) is 0 Å². The van der Waals surface area contributed by atoms with E-state index in [4.69, 9.17) is 0 Å². The maximum absolute atomic E-state index is 2.32. The minimum atomic E-state index is 0.976. The summed E-state index contributed by atoms with van der Waals surface area (Å²) < 4.78 is 4.54. The van der Waals surface area contributed by atoms with Gasteiger partial charge in [-0.05, 0) is 18.2 Å². The van der Waals surface area contributed by atoms with Gasteiger partial charge in [0.25, 0.3) is 0 Å². The van der Waals surface area contributed by atoms with Crippen LogP contribution < -0.4 is 4.68 Å². The van der Waals surface area contributed by atoms with Crippen molar-refractivity contribution in [3.05, 3.63) is 60.3 Å². The van der Waals surface area contributed by atoms with Gasteiger partial charge in [-0.15, -0.1) is 4.52 Å². The van der Waals surface area contributed by atoms with E-state index < -0.39 is 0 Å². The summed E-state index contributed by atoms with van der Waals surface area (Å²) in [4.78, 5) is 0. The Kier molecular flexibility index (Phi) is 1.38. The Hall–Kier alpha value is -2.09. The summed E-state index contributed by atoms with van der Waals surface area (Å²) in [5.41, 5.74) is 5.36. The highest BCUT2D eigenvalue weighted by molar-refractivity contribution is 5.67. The lowest BCUT2D eigenvalue weighted by Crippen LogP contribution is -2.37. The number of rotatable bonds is 0. The zero-order valence-corrected chi connectivity index (χ0v) is 8.80. The summed E-state index contributed by atoms with van der Waals surface area (Å²) in [6.07, 6.45) is 2.12. The van der Waals surface area contributed by atoms with Crippen molar-refractivity contribution in [1.82, 2.24) is 4.52 Å². The summed E-state index contributed by atoms with van der Waals surface area (Å²) in [7, 11) is 0. The van der Waals surface area contributed by atoms with E-state index in [1.807, 2.05) is 0 Å². The van der Waals surface area contributed by atoms with Crippen molar-refractivity contribution in [2.45, 2.75) is 6.54 Å². The van der Waals surface area contributed by atoms with Crippen LogP contribution in [0, 0.1) is 0 Å². The third kappa shape index (κ3) is 0.890. The summed E-state index contributed by atoms with van der Waals surface area (Å²) >= 11 is 0. The molecule has 2 nitrogen and oxygen atoms in total. The first-order chi connectivity index (χ1) is 7.93. The van der Waals surface area contributed by atoms with Crippen molar-refractivity contribution >= 4 is 5.52 Å². The lowest BCUT2D eigenvalue weighted by molar-refractivity contribution is -0.738. The van der Waals surface area contributed by atoms with Gasteiger partial charge in [0.05, 0.1) is 11.8 Å². The van der Waals surface area contributed by atoms with Crippen molar-refractivity contribution in [3.63, 3.8) is 0 Å². The Bertz CT molecular complexity index is 695. The van der Waals surface area contributed by atoms with Gasteiger partial charge in [0.1, 0.15) is 5.52 Å². The lowest BCUT2D eigenvalue weighted by Gasteiger charge is -1.92. The first-order valence-corrected chi connectivity index (χ1v) is 5.52. The fraction of sp³-hybridized carbons (Fsp3) is 0.0714. The summed E-state index contributed by atoms with van der Waals surface area (Å²) in [6, 6.07) is 17.2. The Morgan fingerprint density at radius 3 is 2.88 bits per heavy atom. The van der Waals surface area contributed by atoms with E-state index >= 15 is 0 Å². The Balaban J connectivity index is 2.12. The maximum Gasteiger partial charge on any atom is 0.240 e. The van der Waals surface area contributed by atoms with Crippen LogP contribution in [-0.2, 0) is 6.54 Å². The number of pyridine rings is 1. The van der Waals surface area contributed by atoms with Crippen LogP contribution in [-0.4, -0.2) is 4.52 Å². The smallest absolute Gasteiger partial charge is 0.128 e. The molecule has 0 fully saturated rings. The van der Waals surface area contributed by atoms with E-state index in [9.17, 15) is 0 Å². The molecule has 0 unspecified atom stereocenters. The highest BCUT2D eigenvalue weighted by atomic mass is 15.4. The highest BCUT2D eigenvalue weighted by Crippen LogP contribution is 2.27. The number of benzene rings is 1. The quantitative estimate of drug-likeness (QED) is 0.391. The molecule has 0 bridgehead atoms. The Morgan fingerprint density at radius 1 is 1.00 bits per heavy atom. The standard InChI is InChI=1S/C14H11N2/c1-2-7-13-11(5-1)10-16-14(13)9-12-6-3-4-8-15(12)16/h1-9H,10H2/q+1. The predicted octanol–water partition coefficient (Wildman–Crippen LogP) is 2.26. The molecule has 3 aromatic rings. The second-order valence-corrected chi connectivity index (χ2v) is 4.21. The molecular formula is C14H11N2+. The molecule has 0 spiro atoms. The first kappa shape index (κ1) is 8.11. The Morgan fingerprint density at radius 2 is 1.88 bits per heavy atom. The number of fused-ring (bicyclic) bond motifs is 5. The van der Waals surface area contributed by atoms with Gasteiger partial charge in [0.2, 0.25) is 5.69 Å². The average molecular weight is 207 g/mol. The van der Waals surface area contributed by atoms with Crippen LogP contribution in [0.3, 0.4) is 0 Å². The van der Waals surface area contributed by atoms with Crippen LogP contribution >= 0.6 is 0 Å². The van der Waals surface area contributed by atoms with Gasteiger partial charge in [0.15, 0.2) is 6.54 Å². The van der Waals surface area contributed by atoms with Gasteiger partial charge in [-0.3, -0.25) is 0 Å². The molecule has 1 aromatic carbocycles. The summed E-state index contributed by atoms with van der Waals surface area (Å²) in [5.74, 6) is 0. The lowest BCUT2D eigenvalue weighted by atomic mass is 10.1. The predicted molar refractivity (Wildman–Crippen MR) is 62.1 cm³/mol. The molecule has 0 saturated heterocycles. The van der Waals surface area contributed by atoms with Gasteiger partial charge in [-0.1, -0.05) is 28.9 Å². The summed E-state index contributed by atoms with van der Waals surface area (Å²) in [5, 5.41) is 0. The van der Waals surface area contributed by atoms with E-state index in [2.05, 4.69) is 63.9 Å². The monoisotopic (exact) mass is 207 g/mol. The minimum absolute atomic E-state index is 0.976. The third-order valence-electron chi connectivity index (χ3n) is 3.31. The van der Waals surface area contributed by atoms with Gasteiger partial charge in [0, 0.05) is 11.6 Å². The molecule has 1 aliphatic heterocycles. The molecule has 0 atom stereocenters. The van der Waals surface area contributed by atoms with Gasteiger partial charge < -0.3 is 0 Å². The van der Waals surface area contributed by atoms with Crippen molar-refractivity contribution in [2.75, 3.05) is 0 Å². The zero-order chi connectivity index (χ0) is 10.5. The molecule has 16 heavy (non-hydrogen) atoms. The van der Waals surface area contributed by atoms with Gasteiger partial charge in [-0.25, -0.2) is 0 Å². The van der Waals surface area contributed by atoms with Crippen LogP contribution in [0.15, 0.2) is 54.7 Å². The molecule has 2 heteroatoms. The zero-order valence-electron chi connectivity index (χ0n) is 8.80. The van der Waals surface area contributed by atoms with E-state index in [-0.39, 0.29) is 0 Å². The fourth-order valence-electron chi connectivity index (χ4n) is 2.56. The topological polar surface area (TPSA) is 8.29 Å². The Labute approximate surface area is 93.4 Å². The van der Waals surface area contributed by atoms with Crippen LogP contribution in [0.25, 0.3) is 16.8 Å². The minimum Gasteiger partial charge on any atom is -0.128 e. The number of nitrogens with zero attached hydrogens (tertiary/aromatic N) is 2. The van der Waals surface area contributed by atoms with E-state index in [0.29, 0.717) is 0 Å². The number of hydrogen-bond donors (Lipinski definition) is 0. The molecule has 0 N–H and O–H groups in total. The molecular weight excluding hydrogens is 196 g/mol. The van der Waals surface area contributed by atoms with Crippen molar-refractivity contribution in [1.29, 1.82) is 0 Å². The highest BCUT2D eigenvalue weighted by Gasteiger charge is 2.29. The summed E-state index contributed by atoms with van der Waals surface area (Å²) in [6.45, 7) is 0.976.